The minimum Gasteiger partial charge on any atom is -0.449 e. The molecule has 0 saturated carbocycles. The first-order chi connectivity index (χ1) is 12.5. The predicted octanol–water partition coefficient (Wildman–Crippen LogP) is 4.73. The number of benzene rings is 2. The number of amides is 1. The molecule has 7 heteroatoms. The molecular weight excluding hydrogens is 375 g/mol. The number of aromatic nitrogens is 1. The molecule has 26 heavy (non-hydrogen) atoms. The smallest absolute Gasteiger partial charge is 0.341 e. The quantitative estimate of drug-likeness (QED) is 0.656. The van der Waals surface area contributed by atoms with Gasteiger partial charge in [-0.15, -0.1) is 0 Å². The van der Waals surface area contributed by atoms with Gasteiger partial charge in [0.15, 0.2) is 6.10 Å². The topological polar surface area (TPSA) is 68.3 Å². The first-order valence-electron chi connectivity index (χ1n) is 7.77. The van der Waals surface area contributed by atoms with Crippen LogP contribution in [0, 0.1) is 0 Å². The first-order valence-corrected chi connectivity index (χ1v) is 8.52. The fourth-order valence-electron chi connectivity index (χ4n) is 2.39. The standard InChI is InChI=1S/C19H14Cl2N2O3/c1-11(18(24)23-17-14(20)8-3-9-15(17)21)26-19(25)13-7-2-5-12-6-4-10-22-16(12)13/h2-11H,1H3,(H,23,24)/t11-/m0/s1. The Bertz CT molecular complexity index is 966. The van der Waals surface area contributed by atoms with Crippen molar-refractivity contribution in [1.82, 2.24) is 4.98 Å². The lowest BCUT2D eigenvalue weighted by atomic mass is 10.1. The van der Waals surface area contributed by atoms with E-state index in [2.05, 4.69) is 10.3 Å². The van der Waals surface area contributed by atoms with Gasteiger partial charge in [-0.1, -0.05) is 47.5 Å². The summed E-state index contributed by atoms with van der Waals surface area (Å²) >= 11 is 12.1. The maximum atomic E-state index is 12.5. The lowest BCUT2D eigenvalue weighted by Crippen LogP contribution is -2.30. The number of pyridine rings is 1. The number of hydrogen-bond acceptors (Lipinski definition) is 4. The normalized spacial score (nSPS) is 11.8. The van der Waals surface area contributed by atoms with Crippen molar-refractivity contribution < 1.29 is 14.3 Å². The van der Waals surface area contributed by atoms with Crippen molar-refractivity contribution in [3.8, 4) is 0 Å². The van der Waals surface area contributed by atoms with Gasteiger partial charge >= 0.3 is 5.97 Å². The van der Waals surface area contributed by atoms with Crippen molar-refractivity contribution in [2.24, 2.45) is 0 Å². The fraction of sp³-hybridized carbons (Fsp3) is 0.105. The minimum absolute atomic E-state index is 0.274. The summed E-state index contributed by atoms with van der Waals surface area (Å²) in [5, 5.41) is 3.97. The molecule has 5 nitrogen and oxygen atoms in total. The van der Waals surface area contributed by atoms with Gasteiger partial charge in [0.25, 0.3) is 5.91 Å². The second-order valence-electron chi connectivity index (χ2n) is 5.51. The number of nitrogens with one attached hydrogen (secondary N) is 1. The van der Waals surface area contributed by atoms with E-state index in [1.807, 2.05) is 12.1 Å². The summed E-state index contributed by atoms with van der Waals surface area (Å²) in [6, 6.07) is 13.7. The Labute approximate surface area is 159 Å². The van der Waals surface area contributed by atoms with Gasteiger partial charge in [-0.3, -0.25) is 9.78 Å². The molecule has 0 saturated heterocycles. The van der Waals surface area contributed by atoms with Crippen LogP contribution in [0.5, 0.6) is 0 Å². The Kier molecular flexibility index (Phi) is 5.40. The molecule has 0 aliphatic carbocycles. The summed E-state index contributed by atoms with van der Waals surface area (Å²) in [7, 11) is 0. The largest absolute Gasteiger partial charge is 0.449 e. The van der Waals surface area contributed by atoms with Crippen LogP contribution < -0.4 is 5.32 Å². The number of nitrogens with zero attached hydrogens (tertiary/aromatic N) is 1. The van der Waals surface area contributed by atoms with Crippen LogP contribution in [0.2, 0.25) is 10.0 Å². The molecule has 1 amide bonds. The third kappa shape index (κ3) is 3.79. The highest BCUT2D eigenvalue weighted by atomic mass is 35.5. The Morgan fingerprint density at radius 3 is 2.42 bits per heavy atom. The average Bonchev–Trinajstić information content (AvgIpc) is 2.64. The van der Waals surface area contributed by atoms with Gasteiger partial charge in [0.05, 0.1) is 26.8 Å². The van der Waals surface area contributed by atoms with Gasteiger partial charge in [-0.05, 0) is 31.2 Å². The van der Waals surface area contributed by atoms with E-state index in [0.717, 1.165) is 5.39 Å². The zero-order valence-electron chi connectivity index (χ0n) is 13.7. The van der Waals surface area contributed by atoms with Crippen LogP contribution in [0.4, 0.5) is 5.69 Å². The Hall–Kier alpha value is -2.63. The van der Waals surface area contributed by atoms with Crippen LogP contribution in [0.25, 0.3) is 10.9 Å². The molecule has 0 fully saturated rings. The molecule has 1 aromatic heterocycles. The second kappa shape index (κ2) is 7.72. The molecule has 0 spiro atoms. The molecular formula is C19H14Cl2N2O3. The maximum Gasteiger partial charge on any atom is 0.341 e. The molecule has 3 rings (SSSR count). The molecule has 0 radical (unpaired) electrons. The number of anilines is 1. The number of ether oxygens (including phenoxy) is 1. The number of halogens is 2. The average molecular weight is 389 g/mol. The highest BCUT2D eigenvalue weighted by Gasteiger charge is 2.22. The molecule has 1 atom stereocenters. The molecule has 3 aromatic rings. The number of rotatable bonds is 4. The molecule has 0 aliphatic heterocycles. The van der Waals surface area contributed by atoms with Crippen LogP contribution in [-0.4, -0.2) is 23.0 Å². The van der Waals surface area contributed by atoms with Crippen molar-refractivity contribution in [2.45, 2.75) is 13.0 Å². The minimum atomic E-state index is -1.05. The zero-order chi connectivity index (χ0) is 18.7. The second-order valence-corrected chi connectivity index (χ2v) is 6.33. The molecule has 0 aliphatic rings. The Balaban J connectivity index is 1.75. The predicted molar refractivity (Wildman–Crippen MR) is 102 cm³/mol. The number of esters is 1. The number of para-hydroxylation sites is 2. The van der Waals surface area contributed by atoms with Crippen molar-refractivity contribution >= 4 is 51.7 Å². The number of hydrogen-bond donors (Lipinski definition) is 1. The monoisotopic (exact) mass is 388 g/mol. The summed E-state index contributed by atoms with van der Waals surface area (Å²) in [5.41, 5.74) is 1.08. The fourth-order valence-corrected chi connectivity index (χ4v) is 2.88. The van der Waals surface area contributed by atoms with Crippen molar-refractivity contribution in [3.05, 3.63) is 70.3 Å². The maximum absolute atomic E-state index is 12.5. The molecule has 0 bridgehead atoms. The molecule has 2 aromatic carbocycles. The summed E-state index contributed by atoms with van der Waals surface area (Å²) in [6.45, 7) is 1.47. The van der Waals surface area contributed by atoms with Crippen LogP contribution in [0.3, 0.4) is 0 Å². The van der Waals surface area contributed by atoms with Gasteiger partial charge in [0.1, 0.15) is 0 Å². The molecule has 132 valence electrons. The highest BCUT2D eigenvalue weighted by molar-refractivity contribution is 6.39. The third-order valence-corrected chi connectivity index (χ3v) is 4.35. The molecule has 0 unspecified atom stereocenters. The van der Waals surface area contributed by atoms with Gasteiger partial charge in [-0.2, -0.15) is 0 Å². The van der Waals surface area contributed by atoms with E-state index in [1.165, 1.54) is 6.92 Å². The Morgan fingerprint density at radius 1 is 1.04 bits per heavy atom. The van der Waals surface area contributed by atoms with Crippen LogP contribution >= 0.6 is 23.2 Å². The van der Waals surface area contributed by atoms with E-state index in [-0.39, 0.29) is 5.69 Å². The lowest BCUT2D eigenvalue weighted by molar-refractivity contribution is -0.123. The van der Waals surface area contributed by atoms with E-state index in [9.17, 15) is 9.59 Å². The SMILES string of the molecule is C[C@H](OC(=O)c1cccc2cccnc12)C(=O)Nc1c(Cl)cccc1Cl. The first kappa shape index (κ1) is 18.2. The van der Waals surface area contributed by atoms with E-state index < -0.39 is 18.0 Å². The summed E-state index contributed by atoms with van der Waals surface area (Å²) in [4.78, 5) is 29.0. The molecule has 1 N–H and O–H groups in total. The van der Waals surface area contributed by atoms with Crippen molar-refractivity contribution in [1.29, 1.82) is 0 Å². The van der Waals surface area contributed by atoms with Crippen LogP contribution in [0.1, 0.15) is 17.3 Å². The van der Waals surface area contributed by atoms with Gasteiger partial charge in [0.2, 0.25) is 0 Å². The lowest BCUT2D eigenvalue weighted by Gasteiger charge is -2.15. The van der Waals surface area contributed by atoms with Gasteiger partial charge in [0, 0.05) is 11.6 Å². The summed E-state index contributed by atoms with van der Waals surface area (Å²) in [6.07, 6.45) is 0.545. The van der Waals surface area contributed by atoms with Crippen LogP contribution in [-0.2, 0) is 9.53 Å². The summed E-state index contributed by atoms with van der Waals surface area (Å²) < 4.78 is 5.28. The highest BCUT2D eigenvalue weighted by Crippen LogP contribution is 2.30. The summed E-state index contributed by atoms with van der Waals surface area (Å²) in [5.74, 6) is -1.18. The number of carbonyl (C=O) groups excluding carboxylic acids is 2. The zero-order valence-corrected chi connectivity index (χ0v) is 15.2. The number of carbonyl (C=O) groups is 2. The number of fused-ring (bicyclic) bond motifs is 1. The Morgan fingerprint density at radius 2 is 1.69 bits per heavy atom. The molecule has 1 heterocycles. The van der Waals surface area contributed by atoms with Gasteiger partial charge in [-0.25, -0.2) is 4.79 Å². The van der Waals surface area contributed by atoms with E-state index >= 15 is 0 Å². The van der Waals surface area contributed by atoms with Gasteiger partial charge < -0.3 is 10.1 Å². The van der Waals surface area contributed by atoms with Crippen molar-refractivity contribution in [2.75, 3.05) is 5.32 Å². The van der Waals surface area contributed by atoms with E-state index in [0.29, 0.717) is 21.1 Å². The van der Waals surface area contributed by atoms with Crippen LogP contribution in [0.15, 0.2) is 54.7 Å². The third-order valence-electron chi connectivity index (χ3n) is 3.72. The van der Waals surface area contributed by atoms with E-state index in [4.69, 9.17) is 27.9 Å². The van der Waals surface area contributed by atoms with E-state index in [1.54, 1.807) is 42.6 Å². The van der Waals surface area contributed by atoms with Crippen molar-refractivity contribution in [3.63, 3.8) is 0 Å².